The van der Waals surface area contributed by atoms with Crippen LogP contribution in [0.25, 0.3) is 0 Å². The van der Waals surface area contributed by atoms with Crippen molar-refractivity contribution in [3.05, 3.63) is 126 Å². The molecule has 0 fully saturated rings. The highest BCUT2D eigenvalue weighted by Gasteiger charge is 2.43. The van der Waals surface area contributed by atoms with E-state index in [1.165, 1.54) is 61.0 Å². The summed E-state index contributed by atoms with van der Waals surface area (Å²) < 4.78 is 0. The van der Waals surface area contributed by atoms with Gasteiger partial charge in [-0.15, -0.1) is 0 Å². The number of anilines is 3. The minimum Gasteiger partial charge on any atom is -0.313 e. The molecule has 1 nitrogen and oxygen atoms in total. The van der Waals surface area contributed by atoms with Crippen molar-refractivity contribution < 1.29 is 0 Å². The lowest BCUT2D eigenvalue weighted by Gasteiger charge is -2.44. The maximum atomic E-state index is 2.61. The van der Waals surface area contributed by atoms with Crippen LogP contribution in [0.1, 0.15) is 52.7 Å². The minimum atomic E-state index is 0.0511. The maximum Gasteiger partial charge on any atom is 0.246 e. The van der Waals surface area contributed by atoms with Gasteiger partial charge in [0.05, 0.1) is 0 Å². The van der Waals surface area contributed by atoms with E-state index in [0.29, 0.717) is 0 Å². The number of para-hydroxylation sites is 1. The molecule has 5 aromatic carbocycles. The zero-order chi connectivity index (χ0) is 28.5. The number of hydrogen-bond acceptors (Lipinski definition) is 1. The van der Waals surface area contributed by atoms with Crippen LogP contribution in [0.2, 0.25) is 0 Å². The molecular formula is C38H37B2N. The fourth-order valence-corrected chi connectivity index (χ4v) is 6.91. The Morgan fingerprint density at radius 1 is 0.439 bits per heavy atom. The van der Waals surface area contributed by atoms with Crippen LogP contribution in [0, 0.1) is 0 Å². The summed E-state index contributed by atoms with van der Waals surface area (Å²) in [4.78, 5) is 2.61. The van der Waals surface area contributed by atoms with E-state index in [2.05, 4.69) is 162 Å². The van der Waals surface area contributed by atoms with Crippen molar-refractivity contribution in [3.8, 4) is 0 Å². The molecule has 0 aromatic heterocycles. The molecule has 0 atom stereocenters. The fraction of sp³-hybridized carbons (Fsp3) is 0.211. The third-order valence-corrected chi connectivity index (χ3v) is 9.11. The highest BCUT2D eigenvalue weighted by atomic mass is 15.2. The number of nitrogens with zero attached hydrogens (tertiary/aromatic N) is 1. The molecule has 2 aliphatic rings. The Kier molecular flexibility index (Phi) is 5.88. The van der Waals surface area contributed by atoms with Crippen LogP contribution >= 0.6 is 0 Å². The van der Waals surface area contributed by atoms with Crippen molar-refractivity contribution >= 4 is 63.3 Å². The second kappa shape index (κ2) is 9.28. The summed E-state index contributed by atoms with van der Waals surface area (Å²) in [5.41, 5.74) is 15.0. The molecule has 2 heterocycles. The number of hydrogen-bond donors (Lipinski definition) is 0. The number of benzene rings is 5. The summed E-state index contributed by atoms with van der Waals surface area (Å²) in [5, 5.41) is 0. The summed E-state index contributed by atoms with van der Waals surface area (Å²) in [7, 11) is 0. The molecule has 200 valence electrons. The molecule has 0 bridgehead atoms. The molecule has 0 aliphatic carbocycles. The van der Waals surface area contributed by atoms with Gasteiger partial charge in [0.25, 0.3) is 0 Å². The first-order chi connectivity index (χ1) is 19.6. The van der Waals surface area contributed by atoms with Crippen molar-refractivity contribution in [2.75, 3.05) is 4.90 Å². The average molecular weight is 529 g/mol. The Balaban J connectivity index is 1.60. The lowest BCUT2D eigenvalue weighted by atomic mass is 9.30. The summed E-state index contributed by atoms with van der Waals surface area (Å²) in [5.74, 6) is 0. The minimum absolute atomic E-state index is 0.0511. The monoisotopic (exact) mass is 529 g/mol. The van der Waals surface area contributed by atoms with E-state index in [1.807, 2.05) is 0 Å². The van der Waals surface area contributed by atoms with Crippen LogP contribution in [0.5, 0.6) is 0 Å². The van der Waals surface area contributed by atoms with Crippen molar-refractivity contribution in [3.63, 3.8) is 0 Å². The van der Waals surface area contributed by atoms with Crippen molar-refractivity contribution in [2.45, 2.75) is 52.4 Å². The second-order valence-electron chi connectivity index (χ2n) is 13.9. The predicted molar refractivity (Wildman–Crippen MR) is 181 cm³/mol. The van der Waals surface area contributed by atoms with Crippen molar-refractivity contribution in [2.24, 2.45) is 0 Å². The molecule has 41 heavy (non-hydrogen) atoms. The molecule has 0 radical (unpaired) electrons. The molecule has 0 amide bonds. The second-order valence-corrected chi connectivity index (χ2v) is 13.9. The number of rotatable bonds is 2. The van der Waals surface area contributed by atoms with E-state index in [-0.39, 0.29) is 24.3 Å². The third kappa shape index (κ3) is 4.17. The van der Waals surface area contributed by atoms with E-state index < -0.39 is 0 Å². The van der Waals surface area contributed by atoms with E-state index in [1.54, 1.807) is 0 Å². The normalized spacial score (nSPS) is 14.0. The SMILES string of the molecule is CC(C)(C)c1ccc2c(c1)N1c3cc(C(C)(C)C)ccc3B(c3ccccc3)c3cccc(c31)B2c1ccccc1. The van der Waals surface area contributed by atoms with E-state index in [9.17, 15) is 0 Å². The first-order valence-electron chi connectivity index (χ1n) is 14.9. The Morgan fingerprint density at radius 3 is 1.24 bits per heavy atom. The van der Waals surface area contributed by atoms with Crippen LogP contribution in [-0.4, -0.2) is 13.4 Å². The molecule has 0 unspecified atom stereocenters. The fourth-order valence-electron chi connectivity index (χ4n) is 6.91. The summed E-state index contributed by atoms with van der Waals surface area (Å²) >= 11 is 0. The Morgan fingerprint density at radius 2 is 0.854 bits per heavy atom. The third-order valence-electron chi connectivity index (χ3n) is 9.11. The van der Waals surface area contributed by atoms with Gasteiger partial charge in [0, 0.05) is 17.1 Å². The van der Waals surface area contributed by atoms with Crippen molar-refractivity contribution in [1.82, 2.24) is 0 Å². The standard InChI is InChI=1S/C38H37B2N/c1-37(2,3)26-20-22-30-34(24-26)41-35-25-27(38(4,5)6)21-23-31(35)40(29-16-11-8-12-17-29)33-19-13-18-32(36(33)41)39(30)28-14-9-7-10-15-28/h7-25H,1-6H3. The Bertz CT molecular complexity index is 1630. The molecular weight excluding hydrogens is 492 g/mol. The van der Waals surface area contributed by atoms with Gasteiger partial charge in [0.2, 0.25) is 13.4 Å². The van der Waals surface area contributed by atoms with Gasteiger partial charge in [0.15, 0.2) is 0 Å². The average Bonchev–Trinajstić information content (AvgIpc) is 2.96. The molecule has 7 rings (SSSR count). The van der Waals surface area contributed by atoms with Gasteiger partial charge in [-0.25, -0.2) is 0 Å². The molecule has 0 saturated carbocycles. The van der Waals surface area contributed by atoms with E-state index in [0.717, 1.165) is 0 Å². The van der Waals surface area contributed by atoms with Crippen molar-refractivity contribution in [1.29, 1.82) is 0 Å². The smallest absolute Gasteiger partial charge is 0.246 e. The molecule has 0 saturated heterocycles. The summed E-state index contributed by atoms with van der Waals surface area (Å²) in [6, 6.07) is 43.6. The van der Waals surface area contributed by atoms with Gasteiger partial charge in [-0.3, -0.25) is 0 Å². The molecule has 0 N–H and O–H groups in total. The molecule has 5 aromatic rings. The van der Waals surface area contributed by atoms with Crippen LogP contribution < -0.4 is 37.7 Å². The predicted octanol–water partition coefficient (Wildman–Crippen LogP) is 5.41. The van der Waals surface area contributed by atoms with Crippen LogP contribution in [-0.2, 0) is 10.8 Å². The van der Waals surface area contributed by atoms with Gasteiger partial charge in [-0.05, 0) is 55.9 Å². The maximum absolute atomic E-state index is 2.61. The van der Waals surface area contributed by atoms with Gasteiger partial charge in [-0.1, -0.05) is 156 Å². The Labute approximate surface area is 246 Å². The summed E-state index contributed by atoms with van der Waals surface area (Å²) in [6.45, 7) is 14.3. The van der Waals surface area contributed by atoms with Gasteiger partial charge < -0.3 is 4.90 Å². The van der Waals surface area contributed by atoms with Crippen LogP contribution in [0.3, 0.4) is 0 Å². The topological polar surface area (TPSA) is 3.24 Å². The first kappa shape index (κ1) is 26.0. The highest BCUT2D eigenvalue weighted by Crippen LogP contribution is 2.40. The van der Waals surface area contributed by atoms with E-state index >= 15 is 0 Å². The zero-order valence-corrected chi connectivity index (χ0v) is 25.1. The van der Waals surface area contributed by atoms with E-state index in [4.69, 9.17) is 0 Å². The molecule has 3 heteroatoms. The van der Waals surface area contributed by atoms with Crippen LogP contribution in [0.4, 0.5) is 17.1 Å². The lowest BCUT2D eigenvalue weighted by molar-refractivity contribution is 0.590. The van der Waals surface area contributed by atoms with Gasteiger partial charge in [-0.2, -0.15) is 0 Å². The van der Waals surface area contributed by atoms with Gasteiger partial charge >= 0.3 is 0 Å². The zero-order valence-electron chi connectivity index (χ0n) is 25.1. The molecule has 0 spiro atoms. The summed E-state index contributed by atoms with van der Waals surface area (Å²) in [6.07, 6.45) is 0. The largest absolute Gasteiger partial charge is 0.313 e. The first-order valence-corrected chi connectivity index (χ1v) is 14.9. The van der Waals surface area contributed by atoms with Crippen LogP contribution in [0.15, 0.2) is 115 Å². The van der Waals surface area contributed by atoms with Gasteiger partial charge in [0.1, 0.15) is 0 Å². The lowest BCUT2D eigenvalue weighted by Crippen LogP contribution is -2.65. The quantitative estimate of drug-likeness (QED) is 0.271. The number of fused-ring (bicyclic) bond motifs is 4. The highest BCUT2D eigenvalue weighted by molar-refractivity contribution is 7.02. The molecule has 2 aliphatic heterocycles. The Hall–Kier alpha value is -3.97.